The lowest BCUT2D eigenvalue weighted by Gasteiger charge is -1.96. The molecule has 0 atom stereocenters. The Labute approximate surface area is 99.0 Å². The summed E-state index contributed by atoms with van der Waals surface area (Å²) in [6, 6.07) is 0. The summed E-state index contributed by atoms with van der Waals surface area (Å²) in [4.78, 5) is 18.5. The predicted molar refractivity (Wildman–Crippen MR) is 65.8 cm³/mol. The topological polar surface area (TPSA) is 68.9 Å². The highest BCUT2D eigenvalue weighted by atomic mass is 32.2. The van der Waals surface area contributed by atoms with Gasteiger partial charge < -0.3 is 5.73 Å². The zero-order valence-electron chi connectivity index (χ0n) is 9.28. The smallest absolute Gasteiger partial charge is 0.220 e. The molecule has 0 unspecified atom stereocenters. The third-order valence-corrected chi connectivity index (χ3v) is 2.57. The summed E-state index contributed by atoms with van der Waals surface area (Å²) in [5.74, 6) is 6.91. The lowest BCUT2D eigenvalue weighted by molar-refractivity contribution is -0.109. The zero-order chi connectivity index (χ0) is 12.0. The minimum absolute atomic E-state index is 0.119. The Hall–Kier alpha value is -1.54. The van der Waals surface area contributed by atoms with E-state index in [0.717, 1.165) is 17.0 Å². The van der Waals surface area contributed by atoms with Gasteiger partial charge in [-0.2, -0.15) is 0 Å². The summed E-state index contributed by atoms with van der Waals surface area (Å²) in [6.07, 6.45) is 2.29. The molecule has 84 valence electrons. The first-order valence-electron chi connectivity index (χ1n) is 4.81. The van der Waals surface area contributed by atoms with Gasteiger partial charge in [-0.25, -0.2) is 9.97 Å². The largest absolute Gasteiger partial charge is 0.368 e. The number of carbonyl (C=O) groups is 1. The van der Waals surface area contributed by atoms with E-state index < -0.39 is 0 Å². The molecule has 2 N–H and O–H groups in total. The summed E-state index contributed by atoms with van der Waals surface area (Å²) in [7, 11) is 0. The van der Waals surface area contributed by atoms with Crippen LogP contribution in [0.2, 0.25) is 0 Å². The molecule has 0 aliphatic rings. The monoisotopic (exact) mass is 235 g/mol. The van der Waals surface area contributed by atoms with E-state index in [0.29, 0.717) is 6.42 Å². The molecule has 0 aliphatic heterocycles. The Kier molecular flexibility index (Phi) is 4.80. The highest BCUT2D eigenvalue weighted by Crippen LogP contribution is 2.04. The van der Waals surface area contributed by atoms with E-state index in [4.69, 9.17) is 5.73 Å². The van der Waals surface area contributed by atoms with Crippen LogP contribution in [0.25, 0.3) is 0 Å². The first kappa shape index (κ1) is 12.5. The van der Waals surface area contributed by atoms with Crippen LogP contribution in [0.1, 0.15) is 24.6 Å². The van der Waals surface area contributed by atoms with Crippen molar-refractivity contribution in [2.24, 2.45) is 0 Å². The van der Waals surface area contributed by atoms with Crippen molar-refractivity contribution in [1.82, 2.24) is 9.97 Å². The summed E-state index contributed by atoms with van der Waals surface area (Å²) in [5, 5.41) is 0.119. The Bertz CT molecular complexity index is 448. The molecule has 0 aliphatic carbocycles. The number of nitrogen functional groups attached to an aromatic ring is 1. The number of rotatable bonds is 2. The van der Waals surface area contributed by atoms with Crippen LogP contribution < -0.4 is 5.73 Å². The van der Waals surface area contributed by atoms with Crippen LogP contribution in [0.4, 0.5) is 5.95 Å². The quantitative estimate of drug-likeness (QED) is 0.619. The number of aryl methyl sites for hydroxylation is 1. The van der Waals surface area contributed by atoms with Crippen LogP contribution in [0.15, 0.2) is 6.20 Å². The average Bonchev–Trinajstić information content (AvgIpc) is 2.20. The van der Waals surface area contributed by atoms with Crippen molar-refractivity contribution in [2.45, 2.75) is 20.3 Å². The van der Waals surface area contributed by atoms with Crippen molar-refractivity contribution in [1.29, 1.82) is 0 Å². The molecule has 1 aromatic heterocycles. The van der Waals surface area contributed by atoms with Crippen LogP contribution in [0.5, 0.6) is 0 Å². The van der Waals surface area contributed by atoms with Crippen molar-refractivity contribution in [3.63, 3.8) is 0 Å². The fourth-order valence-corrected chi connectivity index (χ4v) is 1.50. The summed E-state index contributed by atoms with van der Waals surface area (Å²) in [6.45, 7) is 3.39. The third-order valence-electron chi connectivity index (χ3n) is 1.75. The van der Waals surface area contributed by atoms with E-state index >= 15 is 0 Å². The molecule has 4 nitrogen and oxygen atoms in total. The molecular weight excluding hydrogens is 222 g/mol. The third kappa shape index (κ3) is 4.32. The average molecular weight is 235 g/mol. The van der Waals surface area contributed by atoms with Gasteiger partial charge in [0.05, 0.1) is 11.3 Å². The van der Waals surface area contributed by atoms with Crippen molar-refractivity contribution in [3.8, 4) is 11.8 Å². The molecule has 0 saturated heterocycles. The number of carbonyl (C=O) groups excluding carboxylic acids is 1. The normalized spacial score (nSPS) is 9.38. The fraction of sp³-hybridized carbons (Fsp3) is 0.364. The number of thioether (sulfide) groups is 1. The lowest BCUT2D eigenvalue weighted by atomic mass is 10.2. The van der Waals surface area contributed by atoms with Gasteiger partial charge in [0.2, 0.25) is 5.95 Å². The molecule has 0 spiro atoms. The van der Waals surface area contributed by atoms with Gasteiger partial charge in [0.15, 0.2) is 5.12 Å². The second kappa shape index (κ2) is 6.13. The minimum Gasteiger partial charge on any atom is -0.368 e. The first-order chi connectivity index (χ1) is 7.59. The molecule has 0 saturated carbocycles. The van der Waals surface area contributed by atoms with Crippen molar-refractivity contribution < 1.29 is 4.79 Å². The van der Waals surface area contributed by atoms with Gasteiger partial charge in [0.1, 0.15) is 0 Å². The van der Waals surface area contributed by atoms with E-state index in [-0.39, 0.29) is 11.1 Å². The molecule has 0 aromatic carbocycles. The van der Waals surface area contributed by atoms with Gasteiger partial charge in [-0.1, -0.05) is 23.6 Å². The number of hydrogen-bond donors (Lipinski definition) is 1. The van der Waals surface area contributed by atoms with Crippen LogP contribution in [0, 0.1) is 18.8 Å². The van der Waals surface area contributed by atoms with E-state index in [9.17, 15) is 4.79 Å². The van der Waals surface area contributed by atoms with Gasteiger partial charge in [-0.15, -0.1) is 0 Å². The summed E-state index contributed by atoms with van der Waals surface area (Å²) >= 11 is 1.28. The van der Waals surface area contributed by atoms with Crippen molar-refractivity contribution in [3.05, 3.63) is 17.5 Å². The molecule has 1 heterocycles. The highest BCUT2D eigenvalue weighted by molar-refractivity contribution is 8.13. The second-order valence-corrected chi connectivity index (χ2v) is 4.39. The van der Waals surface area contributed by atoms with Crippen molar-refractivity contribution in [2.75, 3.05) is 11.5 Å². The number of aromatic nitrogens is 2. The highest BCUT2D eigenvalue weighted by Gasteiger charge is 1.97. The lowest BCUT2D eigenvalue weighted by Crippen LogP contribution is -1.98. The van der Waals surface area contributed by atoms with Crippen molar-refractivity contribution >= 4 is 22.8 Å². The van der Waals surface area contributed by atoms with Crippen LogP contribution in [-0.4, -0.2) is 20.8 Å². The molecule has 5 heteroatoms. The Balaban J connectivity index is 2.53. The zero-order valence-corrected chi connectivity index (χ0v) is 10.1. The Morgan fingerprint density at radius 2 is 2.38 bits per heavy atom. The number of hydrogen-bond acceptors (Lipinski definition) is 5. The van der Waals surface area contributed by atoms with Gasteiger partial charge >= 0.3 is 0 Å². The number of anilines is 1. The summed E-state index contributed by atoms with van der Waals surface area (Å²) < 4.78 is 0. The van der Waals surface area contributed by atoms with Gasteiger partial charge in [0, 0.05) is 25.3 Å². The predicted octanol–water partition coefficient (Wildman–Crippen LogP) is 1.39. The first-order valence-corrected chi connectivity index (χ1v) is 5.79. The van der Waals surface area contributed by atoms with E-state index in [2.05, 4.69) is 21.8 Å². The standard InChI is InChI=1S/C11H13N3OS/c1-8-10(7-13-11(12)14-8)5-3-4-6-16-9(2)15/h7H,4,6H2,1-2H3,(H2,12,13,14). The molecule has 0 amide bonds. The van der Waals surface area contributed by atoms with Crippen LogP contribution in [0.3, 0.4) is 0 Å². The number of nitrogens with two attached hydrogens (primary N) is 1. The SMILES string of the molecule is CC(=O)SCCC#Cc1cnc(N)nc1C. The molecule has 0 radical (unpaired) electrons. The Morgan fingerprint density at radius 1 is 1.62 bits per heavy atom. The van der Waals surface area contributed by atoms with Gasteiger partial charge in [-0.05, 0) is 6.92 Å². The molecule has 0 bridgehead atoms. The fourth-order valence-electron chi connectivity index (χ4n) is 1.01. The molecule has 16 heavy (non-hydrogen) atoms. The molecular formula is C11H13N3OS. The van der Waals surface area contributed by atoms with Gasteiger partial charge in [0.25, 0.3) is 0 Å². The maximum absolute atomic E-state index is 10.6. The van der Waals surface area contributed by atoms with Gasteiger partial charge in [-0.3, -0.25) is 4.79 Å². The summed E-state index contributed by atoms with van der Waals surface area (Å²) in [5.41, 5.74) is 6.98. The molecule has 1 rings (SSSR count). The Morgan fingerprint density at radius 3 is 3.00 bits per heavy atom. The van der Waals surface area contributed by atoms with E-state index in [1.54, 1.807) is 13.1 Å². The van der Waals surface area contributed by atoms with Crippen LogP contribution >= 0.6 is 11.8 Å². The van der Waals surface area contributed by atoms with Crippen LogP contribution in [-0.2, 0) is 4.79 Å². The minimum atomic E-state index is 0.119. The van der Waals surface area contributed by atoms with E-state index in [1.165, 1.54) is 11.8 Å². The molecule has 1 aromatic rings. The number of nitrogens with zero attached hydrogens (tertiary/aromatic N) is 2. The second-order valence-electron chi connectivity index (χ2n) is 3.12. The maximum Gasteiger partial charge on any atom is 0.220 e. The molecule has 0 fully saturated rings. The maximum atomic E-state index is 10.6. The van der Waals surface area contributed by atoms with E-state index in [1.807, 2.05) is 6.92 Å².